The fourth-order valence-electron chi connectivity index (χ4n) is 1.37. The van der Waals surface area contributed by atoms with Crippen LogP contribution >= 0.6 is 0 Å². The van der Waals surface area contributed by atoms with Gasteiger partial charge in [-0.05, 0) is 30.7 Å². The first kappa shape index (κ1) is 14.0. The molecule has 0 aromatic heterocycles. The van der Waals surface area contributed by atoms with Crippen LogP contribution in [0.15, 0.2) is 24.3 Å². The Labute approximate surface area is 104 Å². The lowest BCUT2D eigenvalue weighted by molar-refractivity contribution is -0.139. The molecule has 0 radical (unpaired) electrons. The second-order valence-corrected chi connectivity index (χ2v) is 3.78. The number of nitrogens with zero attached hydrogens (tertiary/aromatic N) is 1. The maximum atomic E-state index is 12.7. The highest BCUT2D eigenvalue weighted by Gasteiger charge is 2.20. The molecule has 0 spiro atoms. The molecule has 0 aliphatic rings. The summed E-state index contributed by atoms with van der Waals surface area (Å²) in [5.74, 6) is -1.48. The third-order valence-corrected chi connectivity index (χ3v) is 2.52. The number of aliphatic carboxylic acids is 1. The summed E-state index contributed by atoms with van der Waals surface area (Å²) in [5, 5.41) is 11.2. The zero-order chi connectivity index (χ0) is 13.7. The van der Waals surface area contributed by atoms with Gasteiger partial charge in [0.1, 0.15) is 11.9 Å². The SMILES string of the molecule is CC[C@@H](NC(=O)N(C)c1ccc(F)cc1)C(=O)O. The third kappa shape index (κ3) is 3.44. The molecule has 0 fully saturated rings. The predicted octanol–water partition coefficient (Wildman–Crippen LogP) is 1.83. The topological polar surface area (TPSA) is 69.6 Å². The number of hydrogen-bond donors (Lipinski definition) is 2. The Hall–Kier alpha value is -2.11. The minimum atomic E-state index is -1.08. The van der Waals surface area contributed by atoms with Gasteiger partial charge in [-0.3, -0.25) is 4.90 Å². The van der Waals surface area contributed by atoms with Gasteiger partial charge < -0.3 is 10.4 Å². The quantitative estimate of drug-likeness (QED) is 0.861. The molecule has 98 valence electrons. The number of nitrogens with one attached hydrogen (secondary N) is 1. The van der Waals surface area contributed by atoms with Gasteiger partial charge in [0.05, 0.1) is 0 Å². The Morgan fingerprint density at radius 2 is 1.94 bits per heavy atom. The Bertz CT molecular complexity index is 433. The highest BCUT2D eigenvalue weighted by atomic mass is 19.1. The van der Waals surface area contributed by atoms with Crippen molar-refractivity contribution in [1.82, 2.24) is 5.32 Å². The first-order chi connectivity index (χ1) is 8.45. The number of carboxylic acids is 1. The number of benzene rings is 1. The van der Waals surface area contributed by atoms with E-state index in [9.17, 15) is 14.0 Å². The molecule has 1 atom stereocenters. The van der Waals surface area contributed by atoms with Gasteiger partial charge in [0, 0.05) is 12.7 Å². The summed E-state index contributed by atoms with van der Waals surface area (Å²) < 4.78 is 12.7. The number of anilines is 1. The second-order valence-electron chi connectivity index (χ2n) is 3.78. The molecule has 0 aliphatic heterocycles. The van der Waals surface area contributed by atoms with Crippen molar-refractivity contribution in [2.45, 2.75) is 19.4 Å². The van der Waals surface area contributed by atoms with Crippen LogP contribution < -0.4 is 10.2 Å². The van der Waals surface area contributed by atoms with E-state index in [0.29, 0.717) is 12.1 Å². The number of carbonyl (C=O) groups excluding carboxylic acids is 1. The normalized spacial score (nSPS) is 11.7. The van der Waals surface area contributed by atoms with Crippen LogP contribution in [0.4, 0.5) is 14.9 Å². The summed E-state index contributed by atoms with van der Waals surface area (Å²) in [4.78, 5) is 23.8. The molecule has 0 heterocycles. The van der Waals surface area contributed by atoms with E-state index in [-0.39, 0.29) is 0 Å². The van der Waals surface area contributed by atoms with Crippen molar-refractivity contribution < 1.29 is 19.1 Å². The molecule has 1 aromatic carbocycles. The summed E-state index contributed by atoms with van der Waals surface area (Å²) in [6.45, 7) is 1.66. The lowest BCUT2D eigenvalue weighted by Gasteiger charge is -2.20. The van der Waals surface area contributed by atoms with Crippen molar-refractivity contribution in [3.63, 3.8) is 0 Å². The molecule has 0 saturated carbocycles. The van der Waals surface area contributed by atoms with E-state index < -0.39 is 23.9 Å². The van der Waals surface area contributed by atoms with Gasteiger partial charge in [-0.15, -0.1) is 0 Å². The summed E-state index contributed by atoms with van der Waals surface area (Å²) >= 11 is 0. The summed E-state index contributed by atoms with van der Waals surface area (Å²) in [5.41, 5.74) is 0.481. The molecule has 2 amide bonds. The van der Waals surface area contributed by atoms with Gasteiger partial charge in [-0.2, -0.15) is 0 Å². The minimum Gasteiger partial charge on any atom is -0.480 e. The number of amides is 2. The zero-order valence-electron chi connectivity index (χ0n) is 10.2. The second kappa shape index (κ2) is 6.00. The van der Waals surface area contributed by atoms with Gasteiger partial charge in [0.25, 0.3) is 0 Å². The van der Waals surface area contributed by atoms with E-state index in [1.807, 2.05) is 0 Å². The monoisotopic (exact) mass is 254 g/mol. The highest BCUT2D eigenvalue weighted by molar-refractivity contribution is 5.93. The Kier molecular flexibility index (Phi) is 4.65. The van der Waals surface area contributed by atoms with Crippen LogP contribution in [-0.4, -0.2) is 30.2 Å². The van der Waals surface area contributed by atoms with E-state index in [1.165, 1.54) is 36.2 Å². The van der Waals surface area contributed by atoms with Crippen molar-refractivity contribution in [2.24, 2.45) is 0 Å². The van der Waals surface area contributed by atoms with E-state index in [0.717, 1.165) is 0 Å². The van der Waals surface area contributed by atoms with Crippen molar-refractivity contribution in [3.8, 4) is 0 Å². The van der Waals surface area contributed by atoms with Crippen molar-refractivity contribution in [1.29, 1.82) is 0 Å². The maximum Gasteiger partial charge on any atom is 0.326 e. The molecule has 18 heavy (non-hydrogen) atoms. The zero-order valence-corrected chi connectivity index (χ0v) is 10.2. The van der Waals surface area contributed by atoms with E-state index >= 15 is 0 Å². The standard InChI is InChI=1S/C12H15FN2O3/c1-3-10(11(16)17)14-12(18)15(2)9-6-4-8(13)5-7-9/h4-7,10H,3H2,1-2H3,(H,14,18)(H,16,17)/t10-/m1/s1. The molecule has 1 aromatic rings. The van der Waals surface area contributed by atoms with Crippen molar-refractivity contribution in [3.05, 3.63) is 30.1 Å². The molecule has 6 heteroatoms. The molecule has 0 bridgehead atoms. The lowest BCUT2D eigenvalue weighted by Crippen LogP contribution is -2.46. The molecule has 0 saturated heterocycles. The Balaban J connectivity index is 2.72. The molecular formula is C12H15FN2O3. The number of hydrogen-bond acceptors (Lipinski definition) is 2. The Morgan fingerprint density at radius 1 is 1.39 bits per heavy atom. The fraction of sp³-hybridized carbons (Fsp3) is 0.333. The molecule has 1 rings (SSSR count). The van der Waals surface area contributed by atoms with Crippen molar-refractivity contribution >= 4 is 17.7 Å². The molecule has 0 unspecified atom stereocenters. The maximum absolute atomic E-state index is 12.7. The van der Waals surface area contributed by atoms with Crippen LogP contribution in [-0.2, 0) is 4.79 Å². The molecule has 0 aliphatic carbocycles. The number of rotatable bonds is 4. The predicted molar refractivity (Wildman–Crippen MR) is 65.0 cm³/mol. The summed E-state index contributed by atoms with van der Waals surface area (Å²) in [6.07, 6.45) is 0.290. The van der Waals surface area contributed by atoms with Crippen LogP contribution in [0.25, 0.3) is 0 Å². The van der Waals surface area contributed by atoms with Gasteiger partial charge in [-0.25, -0.2) is 14.0 Å². The number of urea groups is 1. The smallest absolute Gasteiger partial charge is 0.326 e. The summed E-state index contributed by atoms with van der Waals surface area (Å²) in [6, 6.07) is 3.87. The largest absolute Gasteiger partial charge is 0.480 e. The highest BCUT2D eigenvalue weighted by Crippen LogP contribution is 2.13. The van der Waals surface area contributed by atoms with Crippen molar-refractivity contribution in [2.75, 3.05) is 11.9 Å². The van der Waals surface area contributed by atoms with Gasteiger partial charge in [0.15, 0.2) is 0 Å². The first-order valence-electron chi connectivity index (χ1n) is 5.48. The number of carbonyl (C=O) groups is 2. The lowest BCUT2D eigenvalue weighted by atomic mass is 10.2. The van der Waals surface area contributed by atoms with E-state index in [1.54, 1.807) is 6.92 Å². The van der Waals surface area contributed by atoms with Gasteiger partial charge >= 0.3 is 12.0 Å². The Morgan fingerprint density at radius 3 is 2.39 bits per heavy atom. The van der Waals surface area contributed by atoms with Crippen LogP contribution in [0.1, 0.15) is 13.3 Å². The minimum absolute atomic E-state index is 0.290. The average molecular weight is 254 g/mol. The molecule has 2 N–H and O–H groups in total. The number of halogens is 1. The molecule has 5 nitrogen and oxygen atoms in total. The number of carboxylic acid groups (broad SMARTS) is 1. The van der Waals surface area contributed by atoms with Crippen LogP contribution in [0.2, 0.25) is 0 Å². The van der Waals surface area contributed by atoms with Crippen LogP contribution in [0.5, 0.6) is 0 Å². The third-order valence-electron chi connectivity index (χ3n) is 2.52. The van der Waals surface area contributed by atoms with Crippen LogP contribution in [0, 0.1) is 5.82 Å². The van der Waals surface area contributed by atoms with Gasteiger partial charge in [-0.1, -0.05) is 6.92 Å². The van der Waals surface area contributed by atoms with E-state index in [2.05, 4.69) is 5.32 Å². The van der Waals surface area contributed by atoms with Gasteiger partial charge in [0.2, 0.25) is 0 Å². The summed E-state index contributed by atoms with van der Waals surface area (Å²) in [7, 11) is 1.48. The average Bonchev–Trinajstić information content (AvgIpc) is 2.35. The fourth-order valence-corrected chi connectivity index (χ4v) is 1.37. The van der Waals surface area contributed by atoms with Crippen LogP contribution in [0.3, 0.4) is 0 Å². The van der Waals surface area contributed by atoms with E-state index in [4.69, 9.17) is 5.11 Å². The first-order valence-corrected chi connectivity index (χ1v) is 5.48. The molecular weight excluding hydrogens is 239 g/mol.